The summed E-state index contributed by atoms with van der Waals surface area (Å²) in [4.78, 5) is 0. The molecule has 1 N–H and O–H groups in total. The Hall–Kier alpha value is -0.840. The summed E-state index contributed by atoms with van der Waals surface area (Å²) < 4.78 is 13.2. The van der Waals surface area contributed by atoms with E-state index < -0.39 is 0 Å². The Labute approximate surface area is 121 Å². The molecule has 0 spiro atoms. The van der Waals surface area contributed by atoms with Gasteiger partial charge in [-0.25, -0.2) is 0 Å². The number of halogens is 1. The lowest BCUT2D eigenvalue weighted by Gasteiger charge is -2.37. The second kappa shape index (κ2) is 4.93. The molecule has 1 fully saturated rings. The molecule has 4 heteroatoms. The maximum Gasteiger partial charge on any atom is 0.135 e. The molecule has 1 aromatic carbocycles. The van der Waals surface area contributed by atoms with E-state index in [2.05, 4.69) is 47.2 Å². The first-order chi connectivity index (χ1) is 9.09. The van der Waals surface area contributed by atoms with Crippen molar-refractivity contribution in [2.24, 2.45) is 0 Å². The molecule has 19 heavy (non-hydrogen) atoms. The third-order valence-electron chi connectivity index (χ3n) is 3.82. The molecule has 102 valence electrons. The van der Waals surface area contributed by atoms with Crippen molar-refractivity contribution >= 4 is 26.9 Å². The van der Waals surface area contributed by atoms with Crippen LogP contribution in [0.15, 0.2) is 33.2 Å². The fourth-order valence-electron chi connectivity index (χ4n) is 2.45. The van der Waals surface area contributed by atoms with Gasteiger partial charge in [-0.3, -0.25) is 0 Å². The van der Waals surface area contributed by atoms with Crippen LogP contribution >= 0.6 is 15.9 Å². The van der Waals surface area contributed by atoms with Crippen LogP contribution < -0.4 is 5.32 Å². The second-order valence-corrected chi connectivity index (χ2v) is 6.29. The van der Waals surface area contributed by atoms with Crippen LogP contribution in [0, 0.1) is 0 Å². The molecule has 2 unspecified atom stereocenters. The minimum absolute atomic E-state index is 0.00937. The Morgan fingerprint density at radius 1 is 1.42 bits per heavy atom. The van der Waals surface area contributed by atoms with Gasteiger partial charge in [0.2, 0.25) is 0 Å². The summed E-state index contributed by atoms with van der Waals surface area (Å²) in [6.07, 6.45) is 0.979. The standard InChI is InChI=1S/C15H18BrNO2/c1-3-15(2)9-17-8-14(19-15)13-7-10-6-11(16)4-5-12(10)18-13/h4-7,14,17H,3,8-9H2,1-2H3. The van der Waals surface area contributed by atoms with E-state index in [9.17, 15) is 0 Å². The molecular weight excluding hydrogens is 306 g/mol. The summed E-state index contributed by atoms with van der Waals surface area (Å²) in [7, 11) is 0. The van der Waals surface area contributed by atoms with Gasteiger partial charge in [-0.2, -0.15) is 0 Å². The Kier molecular flexibility index (Phi) is 3.41. The molecule has 2 aromatic rings. The topological polar surface area (TPSA) is 34.4 Å². The molecule has 1 aromatic heterocycles. The normalized spacial score (nSPS) is 27.8. The fraction of sp³-hybridized carbons (Fsp3) is 0.467. The van der Waals surface area contributed by atoms with Crippen LogP contribution in [0.25, 0.3) is 11.0 Å². The maximum atomic E-state index is 6.20. The number of hydrogen-bond donors (Lipinski definition) is 1. The molecule has 0 amide bonds. The minimum Gasteiger partial charge on any atom is -0.458 e. The molecule has 3 rings (SSSR count). The molecule has 2 atom stereocenters. The highest BCUT2D eigenvalue weighted by Crippen LogP contribution is 2.33. The van der Waals surface area contributed by atoms with Crippen LogP contribution in [-0.2, 0) is 4.74 Å². The quantitative estimate of drug-likeness (QED) is 0.906. The van der Waals surface area contributed by atoms with Crippen LogP contribution in [0.1, 0.15) is 32.1 Å². The zero-order valence-electron chi connectivity index (χ0n) is 11.2. The van der Waals surface area contributed by atoms with Crippen molar-refractivity contribution in [3.05, 3.63) is 34.5 Å². The van der Waals surface area contributed by atoms with Gasteiger partial charge in [0.1, 0.15) is 17.4 Å². The number of ether oxygens (including phenoxy) is 1. The second-order valence-electron chi connectivity index (χ2n) is 5.37. The van der Waals surface area contributed by atoms with Crippen LogP contribution in [0.2, 0.25) is 0 Å². The first-order valence-corrected chi connectivity index (χ1v) is 7.46. The number of nitrogens with one attached hydrogen (secondary N) is 1. The molecule has 0 aliphatic carbocycles. The summed E-state index contributed by atoms with van der Waals surface area (Å²) in [6.45, 7) is 5.99. The van der Waals surface area contributed by atoms with Gasteiger partial charge in [-0.1, -0.05) is 22.9 Å². The molecule has 1 aliphatic heterocycles. The van der Waals surface area contributed by atoms with E-state index >= 15 is 0 Å². The van der Waals surface area contributed by atoms with Crippen LogP contribution in [-0.4, -0.2) is 18.7 Å². The van der Waals surface area contributed by atoms with Crippen molar-refractivity contribution in [1.82, 2.24) is 5.32 Å². The predicted octanol–water partition coefficient (Wildman–Crippen LogP) is 4.02. The monoisotopic (exact) mass is 323 g/mol. The van der Waals surface area contributed by atoms with Crippen molar-refractivity contribution in [1.29, 1.82) is 0 Å². The molecule has 1 saturated heterocycles. The number of rotatable bonds is 2. The lowest BCUT2D eigenvalue weighted by Crippen LogP contribution is -2.48. The summed E-state index contributed by atoms with van der Waals surface area (Å²) >= 11 is 3.48. The van der Waals surface area contributed by atoms with Crippen molar-refractivity contribution in [3.63, 3.8) is 0 Å². The first kappa shape index (κ1) is 13.2. The minimum atomic E-state index is -0.109. The maximum absolute atomic E-state index is 6.20. The molecule has 3 nitrogen and oxygen atoms in total. The summed E-state index contributed by atoms with van der Waals surface area (Å²) in [5.41, 5.74) is 0.799. The molecular formula is C15H18BrNO2. The molecule has 0 bridgehead atoms. The largest absolute Gasteiger partial charge is 0.458 e. The van der Waals surface area contributed by atoms with E-state index in [0.717, 1.165) is 40.7 Å². The van der Waals surface area contributed by atoms with Crippen LogP contribution in [0.3, 0.4) is 0 Å². The van der Waals surface area contributed by atoms with Gasteiger partial charge in [-0.05, 0) is 37.6 Å². The number of fused-ring (bicyclic) bond motifs is 1. The Bertz CT molecular complexity index is 595. The predicted molar refractivity (Wildman–Crippen MR) is 79.3 cm³/mol. The Balaban J connectivity index is 1.91. The van der Waals surface area contributed by atoms with Gasteiger partial charge in [0, 0.05) is 22.9 Å². The Morgan fingerprint density at radius 2 is 2.26 bits per heavy atom. The van der Waals surface area contributed by atoms with Crippen molar-refractivity contribution in [2.45, 2.75) is 32.0 Å². The summed E-state index contributed by atoms with van der Waals surface area (Å²) in [5, 5.41) is 4.54. The van der Waals surface area contributed by atoms with E-state index in [-0.39, 0.29) is 11.7 Å². The molecule has 0 saturated carbocycles. The van der Waals surface area contributed by atoms with Gasteiger partial charge in [0.05, 0.1) is 5.60 Å². The summed E-state index contributed by atoms with van der Waals surface area (Å²) in [6, 6.07) is 8.12. The van der Waals surface area contributed by atoms with Gasteiger partial charge in [0.25, 0.3) is 0 Å². The van der Waals surface area contributed by atoms with E-state index in [1.807, 2.05) is 12.1 Å². The average Bonchev–Trinajstić information content (AvgIpc) is 2.82. The first-order valence-electron chi connectivity index (χ1n) is 6.67. The van der Waals surface area contributed by atoms with Crippen molar-refractivity contribution < 1.29 is 9.15 Å². The zero-order valence-corrected chi connectivity index (χ0v) is 12.8. The summed E-state index contributed by atoms with van der Waals surface area (Å²) in [5.74, 6) is 0.903. The van der Waals surface area contributed by atoms with E-state index in [4.69, 9.17) is 9.15 Å². The van der Waals surface area contributed by atoms with Crippen molar-refractivity contribution in [2.75, 3.05) is 13.1 Å². The molecule has 1 aliphatic rings. The Morgan fingerprint density at radius 3 is 3.05 bits per heavy atom. The number of benzene rings is 1. The van der Waals surface area contributed by atoms with Gasteiger partial charge in [0.15, 0.2) is 0 Å². The number of furan rings is 1. The lowest BCUT2D eigenvalue weighted by atomic mass is 10.0. The fourth-order valence-corrected chi connectivity index (χ4v) is 2.83. The van der Waals surface area contributed by atoms with E-state index in [1.54, 1.807) is 0 Å². The third-order valence-corrected chi connectivity index (χ3v) is 4.31. The smallest absolute Gasteiger partial charge is 0.135 e. The van der Waals surface area contributed by atoms with E-state index in [0.29, 0.717) is 0 Å². The van der Waals surface area contributed by atoms with Crippen molar-refractivity contribution in [3.8, 4) is 0 Å². The SMILES string of the molecule is CCC1(C)CNCC(c2cc3cc(Br)ccc3o2)O1. The third kappa shape index (κ3) is 2.57. The van der Waals surface area contributed by atoms with E-state index in [1.165, 1.54) is 0 Å². The molecule has 0 radical (unpaired) electrons. The van der Waals surface area contributed by atoms with Crippen LogP contribution in [0.4, 0.5) is 0 Å². The number of hydrogen-bond acceptors (Lipinski definition) is 3. The highest BCUT2D eigenvalue weighted by molar-refractivity contribution is 9.10. The zero-order chi connectivity index (χ0) is 13.5. The number of morpholine rings is 1. The lowest BCUT2D eigenvalue weighted by molar-refractivity contribution is -0.115. The average molecular weight is 324 g/mol. The highest BCUT2D eigenvalue weighted by Gasteiger charge is 2.33. The molecule has 2 heterocycles. The van der Waals surface area contributed by atoms with Gasteiger partial charge >= 0.3 is 0 Å². The van der Waals surface area contributed by atoms with Gasteiger partial charge < -0.3 is 14.5 Å². The van der Waals surface area contributed by atoms with Gasteiger partial charge in [-0.15, -0.1) is 0 Å². The highest BCUT2D eigenvalue weighted by atomic mass is 79.9. The van der Waals surface area contributed by atoms with Crippen LogP contribution in [0.5, 0.6) is 0 Å².